The summed E-state index contributed by atoms with van der Waals surface area (Å²) in [4.78, 5) is 0. The van der Waals surface area contributed by atoms with E-state index in [0.29, 0.717) is 12.5 Å². The second kappa shape index (κ2) is 6.20. The summed E-state index contributed by atoms with van der Waals surface area (Å²) in [5, 5.41) is 13.0. The van der Waals surface area contributed by atoms with Gasteiger partial charge in [-0.15, -0.1) is 5.10 Å². The highest BCUT2D eigenvalue weighted by Crippen LogP contribution is 2.27. The number of rotatable bonds is 4. The molecular weight excluding hydrogens is 286 g/mol. The Labute approximate surface area is 135 Å². The van der Waals surface area contributed by atoms with E-state index in [4.69, 9.17) is 0 Å². The molecule has 5 heteroatoms. The maximum absolute atomic E-state index is 4.39. The van der Waals surface area contributed by atoms with Crippen LogP contribution in [0.5, 0.6) is 0 Å². The molecule has 0 fully saturated rings. The fourth-order valence-electron chi connectivity index (χ4n) is 3.09. The van der Waals surface area contributed by atoms with Crippen LogP contribution in [0.15, 0.2) is 61.1 Å². The zero-order valence-electron chi connectivity index (χ0n) is 12.9. The molecule has 0 aliphatic heterocycles. The Morgan fingerprint density at radius 3 is 2.91 bits per heavy atom. The first-order chi connectivity index (χ1) is 11.4. The number of hydrogen-bond acceptors (Lipinski definition) is 3. The van der Waals surface area contributed by atoms with Crippen molar-refractivity contribution in [3.63, 3.8) is 0 Å². The van der Waals surface area contributed by atoms with Crippen molar-refractivity contribution in [1.82, 2.24) is 24.8 Å². The molecule has 0 amide bonds. The molecule has 116 valence electrons. The van der Waals surface area contributed by atoms with Gasteiger partial charge in [-0.2, -0.15) is 5.10 Å². The van der Waals surface area contributed by atoms with Gasteiger partial charge in [0, 0.05) is 24.5 Å². The molecule has 5 nitrogen and oxygen atoms in total. The molecular formula is C18H19N5. The molecule has 0 spiro atoms. The highest BCUT2D eigenvalue weighted by molar-refractivity contribution is 5.40. The van der Waals surface area contributed by atoms with E-state index in [1.54, 1.807) is 6.20 Å². The van der Waals surface area contributed by atoms with Gasteiger partial charge in [0.1, 0.15) is 0 Å². The van der Waals surface area contributed by atoms with Gasteiger partial charge in [-0.25, -0.2) is 9.36 Å². The SMILES string of the molecule is C1=CC[C@@H](c2cn(Cc3ccccc3-n3cccn3)nn2)CC1. The van der Waals surface area contributed by atoms with Gasteiger partial charge in [0.15, 0.2) is 0 Å². The van der Waals surface area contributed by atoms with Crippen molar-refractivity contribution >= 4 is 0 Å². The van der Waals surface area contributed by atoms with Crippen LogP contribution in [0.25, 0.3) is 5.69 Å². The number of nitrogens with zero attached hydrogens (tertiary/aromatic N) is 5. The molecule has 1 aromatic carbocycles. The van der Waals surface area contributed by atoms with Crippen molar-refractivity contribution in [2.24, 2.45) is 0 Å². The van der Waals surface area contributed by atoms with Crippen LogP contribution < -0.4 is 0 Å². The van der Waals surface area contributed by atoms with Gasteiger partial charge in [0.25, 0.3) is 0 Å². The number of para-hydroxylation sites is 1. The summed E-state index contributed by atoms with van der Waals surface area (Å²) in [6, 6.07) is 10.2. The minimum absolute atomic E-state index is 0.509. The fraction of sp³-hybridized carbons (Fsp3) is 0.278. The van der Waals surface area contributed by atoms with Crippen LogP contribution in [0.3, 0.4) is 0 Å². The lowest BCUT2D eigenvalue weighted by Crippen LogP contribution is -2.06. The normalized spacial score (nSPS) is 17.5. The summed E-state index contributed by atoms with van der Waals surface area (Å²) in [6.07, 6.45) is 13.7. The molecule has 23 heavy (non-hydrogen) atoms. The minimum Gasteiger partial charge on any atom is -0.248 e. The maximum Gasteiger partial charge on any atom is 0.0861 e. The molecule has 0 radical (unpaired) electrons. The second-order valence-electron chi connectivity index (χ2n) is 5.90. The highest BCUT2D eigenvalue weighted by Gasteiger charge is 2.16. The van der Waals surface area contributed by atoms with Gasteiger partial charge in [0.05, 0.1) is 17.9 Å². The summed E-state index contributed by atoms with van der Waals surface area (Å²) in [5.41, 5.74) is 3.36. The van der Waals surface area contributed by atoms with E-state index in [2.05, 4.69) is 45.9 Å². The summed E-state index contributed by atoms with van der Waals surface area (Å²) < 4.78 is 3.81. The van der Waals surface area contributed by atoms with Gasteiger partial charge in [-0.05, 0) is 37.0 Å². The van der Waals surface area contributed by atoms with Crippen LogP contribution in [-0.2, 0) is 6.54 Å². The molecule has 2 heterocycles. The summed E-state index contributed by atoms with van der Waals surface area (Å²) in [5.74, 6) is 0.509. The summed E-state index contributed by atoms with van der Waals surface area (Å²) >= 11 is 0. The first kappa shape index (κ1) is 13.9. The van der Waals surface area contributed by atoms with Crippen LogP contribution in [0.4, 0.5) is 0 Å². The van der Waals surface area contributed by atoms with Crippen molar-refractivity contribution < 1.29 is 0 Å². The van der Waals surface area contributed by atoms with E-state index < -0.39 is 0 Å². The molecule has 0 bridgehead atoms. The number of aromatic nitrogens is 5. The van der Waals surface area contributed by atoms with E-state index >= 15 is 0 Å². The molecule has 0 saturated heterocycles. The predicted octanol–water partition coefficient (Wildman–Crippen LogP) is 3.34. The highest BCUT2D eigenvalue weighted by atomic mass is 15.4. The second-order valence-corrected chi connectivity index (χ2v) is 5.90. The Hall–Kier alpha value is -2.69. The van der Waals surface area contributed by atoms with Crippen molar-refractivity contribution in [2.75, 3.05) is 0 Å². The predicted molar refractivity (Wildman–Crippen MR) is 88.4 cm³/mol. The van der Waals surface area contributed by atoms with Crippen molar-refractivity contribution in [3.05, 3.63) is 72.3 Å². The molecule has 1 aliphatic rings. The lowest BCUT2D eigenvalue weighted by molar-refractivity contribution is 0.598. The Balaban J connectivity index is 1.57. The Kier molecular flexibility index (Phi) is 3.76. The van der Waals surface area contributed by atoms with E-state index in [9.17, 15) is 0 Å². The monoisotopic (exact) mass is 305 g/mol. The minimum atomic E-state index is 0.509. The van der Waals surface area contributed by atoms with Crippen LogP contribution >= 0.6 is 0 Å². The average Bonchev–Trinajstić information content (AvgIpc) is 3.28. The van der Waals surface area contributed by atoms with Crippen molar-refractivity contribution in [2.45, 2.75) is 31.7 Å². The lowest BCUT2D eigenvalue weighted by atomic mass is 9.92. The first-order valence-corrected chi connectivity index (χ1v) is 8.03. The van der Waals surface area contributed by atoms with Crippen molar-refractivity contribution in [1.29, 1.82) is 0 Å². The fourth-order valence-corrected chi connectivity index (χ4v) is 3.09. The first-order valence-electron chi connectivity index (χ1n) is 8.03. The zero-order valence-corrected chi connectivity index (χ0v) is 12.9. The van der Waals surface area contributed by atoms with Gasteiger partial charge >= 0.3 is 0 Å². The van der Waals surface area contributed by atoms with Gasteiger partial charge in [0.2, 0.25) is 0 Å². The van der Waals surface area contributed by atoms with E-state index in [-0.39, 0.29) is 0 Å². The van der Waals surface area contributed by atoms with Crippen LogP contribution in [0, 0.1) is 0 Å². The van der Waals surface area contributed by atoms with Crippen LogP contribution in [-0.4, -0.2) is 24.8 Å². The topological polar surface area (TPSA) is 48.5 Å². The van der Waals surface area contributed by atoms with E-state index in [0.717, 1.165) is 24.2 Å². The Morgan fingerprint density at radius 1 is 1.13 bits per heavy atom. The molecule has 4 rings (SSSR count). The van der Waals surface area contributed by atoms with E-state index in [1.165, 1.54) is 12.0 Å². The largest absolute Gasteiger partial charge is 0.248 e. The van der Waals surface area contributed by atoms with Gasteiger partial charge < -0.3 is 0 Å². The molecule has 2 aromatic heterocycles. The van der Waals surface area contributed by atoms with E-state index in [1.807, 2.05) is 33.8 Å². The quantitative estimate of drug-likeness (QED) is 0.695. The third-order valence-electron chi connectivity index (χ3n) is 4.32. The molecule has 1 aliphatic carbocycles. The lowest BCUT2D eigenvalue weighted by Gasteiger charge is -2.14. The molecule has 3 aromatic rings. The molecule has 0 saturated carbocycles. The molecule has 0 N–H and O–H groups in total. The van der Waals surface area contributed by atoms with Gasteiger partial charge in [-0.3, -0.25) is 0 Å². The number of allylic oxidation sites excluding steroid dienone is 2. The summed E-state index contributed by atoms with van der Waals surface area (Å²) in [6.45, 7) is 0.700. The molecule has 0 unspecified atom stereocenters. The van der Waals surface area contributed by atoms with Gasteiger partial charge in [-0.1, -0.05) is 35.6 Å². The number of benzene rings is 1. The van der Waals surface area contributed by atoms with Crippen LogP contribution in [0.1, 0.15) is 36.4 Å². The van der Waals surface area contributed by atoms with Crippen molar-refractivity contribution in [3.8, 4) is 5.69 Å². The van der Waals surface area contributed by atoms with Crippen LogP contribution in [0.2, 0.25) is 0 Å². The smallest absolute Gasteiger partial charge is 0.0861 e. The summed E-state index contributed by atoms with van der Waals surface area (Å²) in [7, 11) is 0. The molecule has 1 atom stereocenters. The standard InChI is InChI=1S/C18H19N5/c1-2-7-15(8-3-1)17-14-22(21-20-17)13-16-9-4-5-10-18(16)23-12-6-11-19-23/h1-2,4-6,9-12,14-15H,3,7-8,13H2/t15-/m1/s1. The maximum atomic E-state index is 4.39. The third kappa shape index (κ3) is 2.95. The number of hydrogen-bond donors (Lipinski definition) is 0. The third-order valence-corrected chi connectivity index (χ3v) is 4.32. The Bertz CT molecular complexity index is 800. The zero-order chi connectivity index (χ0) is 15.5. The Morgan fingerprint density at radius 2 is 2.09 bits per heavy atom. The average molecular weight is 305 g/mol.